The Morgan fingerprint density at radius 3 is 1.84 bits per heavy atom. The first-order valence-corrected chi connectivity index (χ1v) is 25.6. The van der Waals surface area contributed by atoms with E-state index < -0.39 is 107 Å². The lowest BCUT2D eigenvalue weighted by Gasteiger charge is -2.31. The fourth-order valence-electron chi connectivity index (χ4n) is 8.44. The molecule has 7 atom stereocenters. The van der Waals surface area contributed by atoms with Crippen LogP contribution in [0, 0.1) is 11.3 Å². The predicted octanol–water partition coefficient (Wildman–Crippen LogP) is -0.594. The molecule has 23 nitrogen and oxygen atoms in total. The molecule has 23 heteroatoms. The van der Waals surface area contributed by atoms with Gasteiger partial charge in [0.2, 0.25) is 53.2 Å². The zero-order valence-electron chi connectivity index (χ0n) is 44.3. The van der Waals surface area contributed by atoms with E-state index in [2.05, 4.69) is 36.9 Å². The van der Waals surface area contributed by atoms with Crippen LogP contribution < -0.4 is 65.3 Å². The monoisotopic (exact) mass is 1050 g/mol. The van der Waals surface area contributed by atoms with Gasteiger partial charge in [0.05, 0.1) is 13.0 Å². The number of guanidine groups is 1. The molecule has 0 aliphatic carbocycles. The van der Waals surface area contributed by atoms with Crippen molar-refractivity contribution in [2.75, 3.05) is 26.2 Å². The van der Waals surface area contributed by atoms with Gasteiger partial charge in [-0.1, -0.05) is 77.1 Å². The van der Waals surface area contributed by atoms with Crippen molar-refractivity contribution in [2.45, 2.75) is 154 Å². The number of likely N-dealkylation sites (tertiary alicyclic amines) is 1. The number of benzene rings is 2. The van der Waals surface area contributed by atoms with Crippen molar-refractivity contribution >= 4 is 59.1 Å². The average molecular weight is 1050 g/mol. The highest BCUT2D eigenvalue weighted by Gasteiger charge is 2.40. The smallest absolute Gasteiger partial charge is 0.245 e. The van der Waals surface area contributed by atoms with Gasteiger partial charge in [0.25, 0.3) is 0 Å². The molecule has 2 aromatic carbocycles. The number of aliphatic imine (C=N–C) groups is 1. The number of carbonyl (C=O) groups is 9. The van der Waals surface area contributed by atoms with Crippen molar-refractivity contribution in [3.63, 3.8) is 0 Å². The van der Waals surface area contributed by atoms with E-state index in [1.54, 1.807) is 68.4 Å². The first-order chi connectivity index (χ1) is 35.4. The van der Waals surface area contributed by atoms with Crippen LogP contribution in [0.3, 0.4) is 0 Å². The molecule has 0 spiro atoms. The number of ether oxygens (including phenoxy) is 1. The summed E-state index contributed by atoms with van der Waals surface area (Å²) < 4.78 is 5.57. The number of nitrogens with zero attached hydrogens (tertiary/aromatic N) is 2. The summed E-state index contributed by atoms with van der Waals surface area (Å²) in [4.78, 5) is 128. The number of primary amides is 2. The molecule has 1 aliphatic rings. The number of rotatable bonds is 31. The second-order valence-corrected chi connectivity index (χ2v) is 20.3. The summed E-state index contributed by atoms with van der Waals surface area (Å²) in [5.74, 6) is -6.77. The number of amides is 9. The van der Waals surface area contributed by atoms with Crippen LogP contribution >= 0.6 is 0 Å². The Morgan fingerprint density at radius 2 is 1.27 bits per heavy atom. The van der Waals surface area contributed by atoms with E-state index in [9.17, 15) is 43.2 Å². The summed E-state index contributed by atoms with van der Waals surface area (Å²) in [6, 6.07) is 7.19. The van der Waals surface area contributed by atoms with Crippen molar-refractivity contribution in [3.8, 4) is 5.75 Å². The van der Waals surface area contributed by atoms with E-state index in [4.69, 9.17) is 33.4 Å². The molecule has 1 fully saturated rings. The van der Waals surface area contributed by atoms with Gasteiger partial charge in [-0.3, -0.25) is 48.1 Å². The van der Waals surface area contributed by atoms with E-state index in [0.29, 0.717) is 49.2 Å². The maximum atomic E-state index is 14.4. The summed E-state index contributed by atoms with van der Waals surface area (Å²) in [6.07, 6.45) is 1.50. The van der Waals surface area contributed by atoms with Crippen molar-refractivity contribution in [1.29, 1.82) is 0 Å². The first-order valence-electron chi connectivity index (χ1n) is 25.6. The van der Waals surface area contributed by atoms with E-state index >= 15 is 0 Å². The number of hydrogen-bond acceptors (Lipinski definition) is 12. The largest absolute Gasteiger partial charge is 0.494 e. The second kappa shape index (κ2) is 30.8. The summed E-state index contributed by atoms with van der Waals surface area (Å²) >= 11 is 0. The van der Waals surface area contributed by atoms with Crippen LogP contribution in [0.4, 0.5) is 0 Å². The highest BCUT2D eigenvalue weighted by Crippen LogP contribution is 2.22. The van der Waals surface area contributed by atoms with Gasteiger partial charge in [0.15, 0.2) is 5.96 Å². The van der Waals surface area contributed by atoms with Crippen LogP contribution in [0.5, 0.6) is 5.75 Å². The summed E-state index contributed by atoms with van der Waals surface area (Å²) in [5, 5.41) is 16.2. The van der Waals surface area contributed by atoms with Gasteiger partial charge >= 0.3 is 0 Å². The molecular weight excluding hydrogens is 967 g/mol. The molecule has 16 N–H and O–H groups in total. The normalized spacial score (nSPS) is 15.7. The Balaban J connectivity index is 1.88. The van der Waals surface area contributed by atoms with Gasteiger partial charge in [-0.2, -0.15) is 0 Å². The van der Waals surface area contributed by atoms with E-state index in [0.717, 1.165) is 0 Å². The highest BCUT2D eigenvalue weighted by molar-refractivity contribution is 5.99. The van der Waals surface area contributed by atoms with Gasteiger partial charge in [0.1, 0.15) is 48.0 Å². The van der Waals surface area contributed by atoms with Crippen LogP contribution in [0.15, 0.2) is 59.6 Å². The van der Waals surface area contributed by atoms with Crippen LogP contribution in [-0.2, 0) is 56.0 Å². The minimum absolute atomic E-state index is 0.0191. The highest BCUT2D eigenvalue weighted by atomic mass is 16.5. The average Bonchev–Trinajstić information content (AvgIpc) is 3.83. The van der Waals surface area contributed by atoms with E-state index in [-0.39, 0.29) is 70.0 Å². The zero-order valence-corrected chi connectivity index (χ0v) is 44.3. The number of nitrogens with two attached hydrogens (primary N) is 5. The van der Waals surface area contributed by atoms with E-state index in [1.165, 1.54) is 4.90 Å². The third-order valence-electron chi connectivity index (χ3n) is 12.2. The molecule has 0 aromatic heterocycles. The number of carbonyl (C=O) groups excluding carboxylic acids is 9. The van der Waals surface area contributed by atoms with Crippen molar-refractivity contribution in [2.24, 2.45) is 45.0 Å². The molecule has 2 aromatic rings. The van der Waals surface area contributed by atoms with Crippen LogP contribution in [0.25, 0.3) is 0 Å². The van der Waals surface area contributed by atoms with Crippen molar-refractivity contribution in [1.82, 2.24) is 36.8 Å². The van der Waals surface area contributed by atoms with Crippen molar-refractivity contribution < 1.29 is 47.9 Å². The Labute approximate surface area is 439 Å². The van der Waals surface area contributed by atoms with Crippen LogP contribution in [0.1, 0.15) is 110 Å². The zero-order chi connectivity index (χ0) is 55.8. The third-order valence-corrected chi connectivity index (χ3v) is 12.2. The fourth-order valence-corrected chi connectivity index (χ4v) is 8.44. The van der Waals surface area contributed by atoms with Gasteiger partial charge in [-0.25, -0.2) is 0 Å². The van der Waals surface area contributed by atoms with Crippen molar-refractivity contribution in [3.05, 3.63) is 65.7 Å². The minimum Gasteiger partial charge on any atom is -0.494 e. The van der Waals surface area contributed by atoms with Gasteiger partial charge in [0, 0.05) is 32.4 Å². The standard InChI is InChI=1S/C52H81N13O10/c1-7-75-34-22-20-33(21-23-34)28-37(59-42(67)30-52(4,5)6)45(69)62-38(27-32-15-9-8-10-16-32)47(71)64-43(31(2)3)49(73)63-39(29-41(54)66)46(70)61-36(17-11-12-24-53)50(74)65-26-14-19-40(65)48(72)60-35(44(55)68)18-13-25-58-51(56)57/h8-10,15-16,20-23,31,35-40,43H,7,11-14,17-19,24-30,53H2,1-6H3,(H2,54,66)(H2,55,68)(H,59,67)(H,60,72)(H,61,70)(H,62,69)(H,63,73)(H,64,71)(H4,56,57,58)/t35-,36-,37+,38-,39-,40+,43-/m0/s1. The van der Waals surface area contributed by atoms with E-state index in [1.807, 2.05) is 27.7 Å². The molecule has 0 bridgehead atoms. The molecule has 1 aliphatic heterocycles. The lowest BCUT2D eigenvalue weighted by molar-refractivity contribution is -0.142. The maximum Gasteiger partial charge on any atom is 0.245 e. The molecular formula is C52H81N13O10. The Hall–Kier alpha value is -7.30. The summed E-state index contributed by atoms with van der Waals surface area (Å²) in [5.41, 5.74) is 28.7. The van der Waals surface area contributed by atoms with Crippen LogP contribution in [0.2, 0.25) is 0 Å². The fraction of sp³-hybridized carbons (Fsp3) is 0.577. The molecule has 0 unspecified atom stereocenters. The Bertz CT molecular complexity index is 2270. The Morgan fingerprint density at radius 1 is 0.693 bits per heavy atom. The molecule has 9 amide bonds. The summed E-state index contributed by atoms with van der Waals surface area (Å²) in [6.45, 7) is 11.9. The first kappa shape index (κ1) is 62.0. The molecule has 3 rings (SSSR count). The molecule has 0 radical (unpaired) electrons. The summed E-state index contributed by atoms with van der Waals surface area (Å²) in [7, 11) is 0. The van der Waals surface area contributed by atoms with Gasteiger partial charge in [-0.15, -0.1) is 0 Å². The number of unbranched alkanes of at least 4 members (excludes halogenated alkanes) is 1. The third kappa shape index (κ3) is 22.0. The lowest BCUT2D eigenvalue weighted by atomic mass is 9.91. The number of nitrogens with one attached hydrogen (secondary N) is 6. The molecule has 0 saturated carbocycles. The topological polar surface area (TPSA) is 381 Å². The molecule has 1 heterocycles. The SMILES string of the molecule is CCOc1ccc(C[C@@H](NC(=O)CC(C)(C)C)C(=O)N[C@@H](Cc2ccccc2)C(=O)N[C@H](C(=O)N[C@@H](CC(N)=O)C(=O)N[C@@H](CCCCN)C(=O)N2CCC[C@@H]2C(=O)N[C@@H](CCCN=C(N)N)C(N)=O)C(C)C)cc1. The lowest BCUT2D eigenvalue weighted by Crippen LogP contribution is -2.61. The predicted molar refractivity (Wildman–Crippen MR) is 283 cm³/mol. The minimum atomic E-state index is -1.63. The molecule has 75 heavy (non-hydrogen) atoms. The van der Waals surface area contributed by atoms with Gasteiger partial charge < -0.3 is 70.2 Å². The molecule has 1 saturated heterocycles. The Kier molecular flexibility index (Phi) is 25.5. The second-order valence-electron chi connectivity index (χ2n) is 20.3. The van der Waals surface area contributed by atoms with Gasteiger partial charge in [-0.05, 0) is 93.0 Å². The quantitative estimate of drug-likeness (QED) is 0.0256. The molecule has 414 valence electrons. The number of hydrogen-bond donors (Lipinski definition) is 11. The maximum absolute atomic E-state index is 14.4. The van der Waals surface area contributed by atoms with Crippen LogP contribution in [-0.4, -0.2) is 133 Å².